The number of benzene rings is 10. The SMILES string of the molecule is c1ccc2c(c1)-c1ccccc1C21c2ccccc2-c2ccc(-c3nc(-c4ccc(-c5cccc6ccccc56)cc4)nc(-c4ccc(-c5cccc6sc7ccccc7c56)cc4)n3)cc21. The lowest BCUT2D eigenvalue weighted by atomic mass is 9.70. The van der Waals surface area contributed by atoms with Gasteiger partial charge in [-0.3, -0.25) is 0 Å². The van der Waals surface area contributed by atoms with E-state index in [4.69, 9.17) is 15.0 Å². The highest BCUT2D eigenvalue weighted by atomic mass is 32.1. The molecule has 12 aromatic rings. The molecule has 0 bridgehead atoms. The van der Waals surface area contributed by atoms with E-state index < -0.39 is 5.41 Å². The molecule has 1 spiro atoms. The molecule has 10 aromatic carbocycles. The lowest BCUT2D eigenvalue weighted by Gasteiger charge is -2.30. The monoisotopic (exact) mass is 855 g/mol. The van der Waals surface area contributed by atoms with Crippen molar-refractivity contribution >= 4 is 42.3 Å². The predicted octanol–water partition coefficient (Wildman–Crippen LogP) is 16.1. The van der Waals surface area contributed by atoms with Crippen LogP contribution < -0.4 is 0 Å². The summed E-state index contributed by atoms with van der Waals surface area (Å²) in [5.74, 6) is 1.90. The quantitative estimate of drug-likeness (QED) is 0.173. The maximum atomic E-state index is 5.34. The molecular formula is C62H37N3S. The topological polar surface area (TPSA) is 38.7 Å². The van der Waals surface area contributed by atoms with Crippen molar-refractivity contribution in [1.82, 2.24) is 15.0 Å². The van der Waals surface area contributed by atoms with Crippen molar-refractivity contribution in [2.45, 2.75) is 5.41 Å². The van der Waals surface area contributed by atoms with Gasteiger partial charge in [-0.05, 0) is 95.7 Å². The van der Waals surface area contributed by atoms with Crippen molar-refractivity contribution in [3.8, 4) is 78.7 Å². The van der Waals surface area contributed by atoms with E-state index in [9.17, 15) is 0 Å². The van der Waals surface area contributed by atoms with E-state index in [1.54, 1.807) is 0 Å². The number of rotatable bonds is 5. The average Bonchev–Trinajstić information content (AvgIpc) is 4.03. The number of thiophene rings is 1. The maximum absolute atomic E-state index is 5.34. The summed E-state index contributed by atoms with van der Waals surface area (Å²) in [6.07, 6.45) is 0. The summed E-state index contributed by atoms with van der Waals surface area (Å²) in [6.45, 7) is 0. The van der Waals surface area contributed by atoms with Crippen molar-refractivity contribution in [3.05, 3.63) is 247 Å². The van der Waals surface area contributed by atoms with E-state index in [2.05, 4.69) is 224 Å². The van der Waals surface area contributed by atoms with Gasteiger partial charge in [-0.1, -0.05) is 206 Å². The highest BCUT2D eigenvalue weighted by molar-refractivity contribution is 7.25. The van der Waals surface area contributed by atoms with E-state index in [1.807, 2.05) is 11.3 Å². The van der Waals surface area contributed by atoms with Gasteiger partial charge in [-0.15, -0.1) is 11.3 Å². The highest BCUT2D eigenvalue weighted by Gasteiger charge is 2.51. The Balaban J connectivity index is 0.939. The van der Waals surface area contributed by atoms with Crippen LogP contribution in [0.4, 0.5) is 0 Å². The summed E-state index contributed by atoms with van der Waals surface area (Å²) in [5.41, 5.74) is 17.3. The van der Waals surface area contributed by atoms with Gasteiger partial charge in [-0.25, -0.2) is 15.0 Å². The number of hydrogen-bond acceptors (Lipinski definition) is 4. The summed E-state index contributed by atoms with van der Waals surface area (Å²) in [5, 5.41) is 5.04. The predicted molar refractivity (Wildman–Crippen MR) is 274 cm³/mol. The van der Waals surface area contributed by atoms with E-state index in [-0.39, 0.29) is 0 Å². The van der Waals surface area contributed by atoms with Crippen molar-refractivity contribution in [3.63, 3.8) is 0 Å². The minimum Gasteiger partial charge on any atom is -0.208 e. The van der Waals surface area contributed by atoms with Crippen molar-refractivity contribution in [1.29, 1.82) is 0 Å². The second-order valence-electron chi connectivity index (χ2n) is 17.4. The fraction of sp³-hybridized carbons (Fsp3) is 0.0161. The van der Waals surface area contributed by atoms with Crippen LogP contribution in [0.1, 0.15) is 22.3 Å². The Kier molecular flexibility index (Phi) is 8.07. The molecule has 0 saturated heterocycles. The molecular weight excluding hydrogens is 819 g/mol. The molecule has 3 nitrogen and oxygen atoms in total. The van der Waals surface area contributed by atoms with Crippen LogP contribution in [0.3, 0.4) is 0 Å². The lowest BCUT2D eigenvalue weighted by molar-refractivity contribution is 0.794. The van der Waals surface area contributed by atoms with E-state index >= 15 is 0 Å². The largest absolute Gasteiger partial charge is 0.208 e. The molecule has 2 heterocycles. The molecule has 4 heteroatoms. The van der Waals surface area contributed by atoms with Gasteiger partial charge in [-0.2, -0.15) is 0 Å². The van der Waals surface area contributed by atoms with Crippen LogP contribution in [0, 0.1) is 0 Å². The first-order valence-electron chi connectivity index (χ1n) is 22.5. The fourth-order valence-corrected chi connectivity index (χ4v) is 12.2. The molecule has 14 rings (SSSR count). The van der Waals surface area contributed by atoms with Crippen LogP contribution in [0.25, 0.3) is 110 Å². The van der Waals surface area contributed by atoms with E-state index in [0.29, 0.717) is 17.5 Å². The normalized spacial score (nSPS) is 13.0. The number of nitrogens with zero attached hydrogens (tertiary/aromatic N) is 3. The first kappa shape index (κ1) is 37.1. The van der Waals surface area contributed by atoms with Gasteiger partial charge in [0, 0.05) is 36.9 Å². The number of aromatic nitrogens is 3. The molecule has 66 heavy (non-hydrogen) atoms. The Morgan fingerprint density at radius 1 is 0.288 bits per heavy atom. The standard InChI is InChI=1S/C62H37N3S/c1-2-15-44-38(13-1)14-11-20-45(44)39-27-31-41(32-28-39)59-63-60(42-33-29-40(30-34-42)46-21-12-26-57-58(46)51-19-6-10-25-56(51)66-57)65-61(64-59)43-35-36-50-49-18-5-9-24-54(49)62(55(50)37-43)52-22-7-3-16-47(52)48-17-4-8-23-53(48)62/h1-37H. The van der Waals surface area contributed by atoms with Gasteiger partial charge >= 0.3 is 0 Å². The van der Waals surface area contributed by atoms with Crippen molar-refractivity contribution in [2.75, 3.05) is 0 Å². The molecule has 0 amide bonds. The summed E-state index contributed by atoms with van der Waals surface area (Å²) >= 11 is 1.85. The molecule has 0 N–H and O–H groups in total. The molecule has 0 fully saturated rings. The molecule has 2 aromatic heterocycles. The van der Waals surface area contributed by atoms with Crippen LogP contribution in [0.2, 0.25) is 0 Å². The molecule has 2 aliphatic carbocycles. The van der Waals surface area contributed by atoms with E-state index in [1.165, 1.54) is 86.6 Å². The zero-order chi connectivity index (χ0) is 43.3. The van der Waals surface area contributed by atoms with Crippen LogP contribution in [0.5, 0.6) is 0 Å². The Labute approximate surface area is 386 Å². The van der Waals surface area contributed by atoms with Gasteiger partial charge in [0.2, 0.25) is 0 Å². The van der Waals surface area contributed by atoms with E-state index in [0.717, 1.165) is 27.8 Å². The third-order valence-corrected chi connectivity index (χ3v) is 15.1. The van der Waals surface area contributed by atoms with Gasteiger partial charge in [0.15, 0.2) is 17.5 Å². The zero-order valence-electron chi connectivity index (χ0n) is 35.6. The van der Waals surface area contributed by atoms with Gasteiger partial charge < -0.3 is 0 Å². The highest BCUT2D eigenvalue weighted by Crippen LogP contribution is 2.63. The molecule has 0 unspecified atom stereocenters. The third kappa shape index (κ3) is 5.40. The molecule has 0 atom stereocenters. The summed E-state index contributed by atoms with van der Waals surface area (Å²) in [4.78, 5) is 15.9. The molecule has 2 aliphatic rings. The smallest absolute Gasteiger partial charge is 0.164 e. The first-order chi connectivity index (χ1) is 32.7. The zero-order valence-corrected chi connectivity index (χ0v) is 36.4. The Hall–Kier alpha value is -8.31. The average molecular weight is 856 g/mol. The van der Waals surface area contributed by atoms with Crippen LogP contribution in [0.15, 0.2) is 224 Å². The van der Waals surface area contributed by atoms with Gasteiger partial charge in [0.25, 0.3) is 0 Å². The molecule has 0 radical (unpaired) electrons. The summed E-state index contributed by atoms with van der Waals surface area (Å²) in [6, 6.07) is 81.5. The molecule has 306 valence electrons. The second-order valence-corrected chi connectivity index (χ2v) is 18.5. The van der Waals surface area contributed by atoms with Crippen LogP contribution in [-0.4, -0.2) is 15.0 Å². The molecule has 0 saturated carbocycles. The van der Waals surface area contributed by atoms with Gasteiger partial charge in [0.05, 0.1) is 5.41 Å². The number of fused-ring (bicyclic) bond motifs is 14. The number of hydrogen-bond donors (Lipinski definition) is 0. The van der Waals surface area contributed by atoms with Crippen LogP contribution in [-0.2, 0) is 5.41 Å². The van der Waals surface area contributed by atoms with Crippen molar-refractivity contribution in [2.24, 2.45) is 0 Å². The minimum absolute atomic E-state index is 0.474. The Morgan fingerprint density at radius 2 is 0.712 bits per heavy atom. The third-order valence-electron chi connectivity index (χ3n) is 14.0. The fourth-order valence-electron chi connectivity index (χ4n) is 11.1. The van der Waals surface area contributed by atoms with Crippen LogP contribution >= 0.6 is 11.3 Å². The maximum Gasteiger partial charge on any atom is 0.164 e. The second kappa shape index (κ2) is 14.3. The Morgan fingerprint density at radius 3 is 1.36 bits per heavy atom. The summed E-state index contributed by atoms with van der Waals surface area (Å²) < 4.78 is 2.59. The van der Waals surface area contributed by atoms with Crippen molar-refractivity contribution < 1.29 is 0 Å². The Bertz CT molecular complexity index is 3870. The molecule has 0 aliphatic heterocycles. The van der Waals surface area contributed by atoms with Gasteiger partial charge in [0.1, 0.15) is 0 Å². The lowest BCUT2D eigenvalue weighted by Crippen LogP contribution is -2.25. The summed E-state index contributed by atoms with van der Waals surface area (Å²) in [7, 11) is 0. The minimum atomic E-state index is -0.474. The first-order valence-corrected chi connectivity index (χ1v) is 23.3.